The van der Waals surface area contributed by atoms with Gasteiger partial charge in [0.2, 0.25) is 0 Å². The Morgan fingerprint density at radius 2 is 1.42 bits per heavy atom. The molecule has 0 saturated carbocycles. The molecule has 6 nitrogen and oxygen atoms in total. The number of aryl methyl sites for hydroxylation is 1. The zero-order chi connectivity index (χ0) is 25.5. The first-order chi connectivity index (χ1) is 17.4. The SMILES string of the molecule is Cc1cccc(CO[C@@H]2C3CCN(CC3)[C@@H]2C(c2ccccc2)c2ccccc2)c1.O=C(O)C(=O)O. The van der Waals surface area contributed by atoms with E-state index >= 15 is 0 Å². The molecule has 3 fully saturated rings. The van der Waals surface area contributed by atoms with E-state index in [0.717, 1.165) is 0 Å². The summed E-state index contributed by atoms with van der Waals surface area (Å²) in [6.45, 7) is 5.23. The molecule has 3 aliphatic heterocycles. The third-order valence-corrected chi connectivity index (χ3v) is 7.16. The first-order valence-corrected chi connectivity index (χ1v) is 12.4. The minimum absolute atomic E-state index is 0.262. The molecule has 0 spiro atoms. The lowest BCUT2D eigenvalue weighted by atomic mass is 9.72. The lowest BCUT2D eigenvalue weighted by Crippen LogP contribution is -2.60. The van der Waals surface area contributed by atoms with Gasteiger partial charge in [-0.05, 0) is 55.5 Å². The summed E-state index contributed by atoms with van der Waals surface area (Å²) in [5.41, 5.74) is 5.37. The average Bonchev–Trinajstić information content (AvgIpc) is 2.90. The van der Waals surface area contributed by atoms with Gasteiger partial charge < -0.3 is 14.9 Å². The molecule has 6 rings (SSSR count). The molecule has 3 aromatic rings. The van der Waals surface area contributed by atoms with Gasteiger partial charge in [-0.25, -0.2) is 9.59 Å². The van der Waals surface area contributed by atoms with E-state index in [1.807, 2.05) is 0 Å². The van der Waals surface area contributed by atoms with Crippen LogP contribution in [0.15, 0.2) is 84.9 Å². The Bertz CT molecular complexity index is 1090. The molecule has 3 aliphatic rings. The molecule has 36 heavy (non-hydrogen) atoms. The predicted molar refractivity (Wildman–Crippen MR) is 138 cm³/mol. The summed E-state index contributed by atoms with van der Waals surface area (Å²) in [5.74, 6) is -2.66. The Balaban J connectivity index is 0.000000455. The average molecular weight is 488 g/mol. The largest absolute Gasteiger partial charge is 0.473 e. The van der Waals surface area contributed by atoms with Crippen LogP contribution in [-0.2, 0) is 20.9 Å². The summed E-state index contributed by atoms with van der Waals surface area (Å²) < 4.78 is 6.75. The number of hydrogen-bond acceptors (Lipinski definition) is 4. The Hall–Kier alpha value is -3.48. The van der Waals surface area contributed by atoms with Crippen LogP contribution >= 0.6 is 0 Å². The number of piperidine rings is 3. The lowest BCUT2D eigenvalue weighted by molar-refractivity contribution is -0.159. The smallest absolute Gasteiger partial charge is 0.414 e. The molecule has 6 heteroatoms. The van der Waals surface area contributed by atoms with Gasteiger partial charge in [0.05, 0.1) is 12.7 Å². The Labute approximate surface area is 212 Å². The van der Waals surface area contributed by atoms with Crippen molar-refractivity contribution in [2.24, 2.45) is 5.92 Å². The van der Waals surface area contributed by atoms with Crippen molar-refractivity contribution >= 4 is 11.9 Å². The highest BCUT2D eigenvalue weighted by Gasteiger charge is 2.47. The monoisotopic (exact) mass is 487 g/mol. The van der Waals surface area contributed by atoms with E-state index in [0.29, 0.717) is 24.5 Å². The number of nitrogens with zero attached hydrogens (tertiary/aromatic N) is 1. The molecule has 0 radical (unpaired) electrons. The molecule has 2 N–H and O–H groups in total. The summed E-state index contributed by atoms with van der Waals surface area (Å²) >= 11 is 0. The van der Waals surface area contributed by atoms with E-state index in [4.69, 9.17) is 24.5 Å². The maximum Gasteiger partial charge on any atom is 0.414 e. The van der Waals surface area contributed by atoms with Crippen LogP contribution in [0.4, 0.5) is 0 Å². The van der Waals surface area contributed by atoms with Gasteiger partial charge in [-0.3, -0.25) is 4.90 Å². The van der Waals surface area contributed by atoms with Gasteiger partial charge in [0, 0.05) is 12.0 Å². The molecular formula is C30H33NO5. The van der Waals surface area contributed by atoms with Crippen molar-refractivity contribution in [1.29, 1.82) is 0 Å². The second kappa shape index (κ2) is 12.0. The number of aliphatic carboxylic acids is 2. The number of carbonyl (C=O) groups is 2. The molecule has 2 atom stereocenters. The Morgan fingerprint density at radius 1 is 0.861 bits per heavy atom. The van der Waals surface area contributed by atoms with E-state index in [-0.39, 0.29) is 6.10 Å². The van der Waals surface area contributed by atoms with E-state index in [2.05, 4.69) is 96.8 Å². The quantitative estimate of drug-likeness (QED) is 0.478. The van der Waals surface area contributed by atoms with Gasteiger partial charge in [0.25, 0.3) is 0 Å². The van der Waals surface area contributed by atoms with Crippen LogP contribution in [0.1, 0.15) is 41.0 Å². The molecule has 3 aromatic carbocycles. The topological polar surface area (TPSA) is 87.1 Å². The zero-order valence-electron chi connectivity index (χ0n) is 20.5. The number of hydrogen-bond donors (Lipinski definition) is 2. The van der Waals surface area contributed by atoms with Gasteiger partial charge in [-0.1, -0.05) is 90.5 Å². The van der Waals surface area contributed by atoms with Crippen LogP contribution in [0.25, 0.3) is 0 Å². The second-order valence-corrected chi connectivity index (χ2v) is 9.54. The molecule has 2 bridgehead atoms. The van der Waals surface area contributed by atoms with Crippen LogP contribution in [-0.4, -0.2) is 52.3 Å². The summed E-state index contributed by atoms with van der Waals surface area (Å²) in [6.07, 6.45) is 2.77. The van der Waals surface area contributed by atoms with Crippen molar-refractivity contribution in [3.63, 3.8) is 0 Å². The maximum atomic E-state index is 9.10. The maximum absolute atomic E-state index is 9.10. The number of benzene rings is 3. The first kappa shape index (κ1) is 25.6. The van der Waals surface area contributed by atoms with Crippen LogP contribution in [0.2, 0.25) is 0 Å². The molecule has 0 amide bonds. The summed E-state index contributed by atoms with van der Waals surface area (Å²) in [4.78, 5) is 20.9. The summed E-state index contributed by atoms with van der Waals surface area (Å²) in [5, 5.41) is 14.8. The van der Waals surface area contributed by atoms with Crippen molar-refractivity contribution in [2.75, 3.05) is 13.1 Å². The third kappa shape index (κ3) is 6.20. The van der Waals surface area contributed by atoms with Crippen LogP contribution in [0.3, 0.4) is 0 Å². The van der Waals surface area contributed by atoms with Gasteiger partial charge in [-0.15, -0.1) is 0 Å². The fourth-order valence-corrected chi connectivity index (χ4v) is 5.57. The van der Waals surface area contributed by atoms with Crippen molar-refractivity contribution in [2.45, 2.75) is 44.4 Å². The van der Waals surface area contributed by atoms with E-state index in [1.165, 1.54) is 48.2 Å². The highest BCUT2D eigenvalue weighted by molar-refractivity contribution is 6.27. The standard InChI is InChI=1S/C28H31NO.C2H2O4/c1-21-9-8-10-22(19-21)20-30-28-25-15-17-29(18-16-25)27(28)26(23-11-4-2-5-12-23)24-13-6-3-7-14-24;3-1(4)2(5)6/h2-14,19,25-28H,15-18,20H2,1H3;(H,3,4)(H,5,6)/t27-,28-;/m1./s1. The van der Waals surface area contributed by atoms with Gasteiger partial charge in [0.15, 0.2) is 0 Å². The molecule has 0 aromatic heterocycles. The fourth-order valence-electron chi connectivity index (χ4n) is 5.57. The molecule has 3 heterocycles. The van der Waals surface area contributed by atoms with Gasteiger partial charge in [-0.2, -0.15) is 0 Å². The molecule has 188 valence electrons. The van der Waals surface area contributed by atoms with Crippen molar-refractivity contribution in [3.05, 3.63) is 107 Å². The lowest BCUT2D eigenvalue weighted by Gasteiger charge is -2.53. The van der Waals surface area contributed by atoms with E-state index < -0.39 is 11.9 Å². The number of ether oxygens (including phenoxy) is 1. The minimum Gasteiger partial charge on any atom is -0.473 e. The zero-order valence-corrected chi connectivity index (χ0v) is 20.5. The predicted octanol–water partition coefficient (Wildman–Crippen LogP) is 4.96. The third-order valence-electron chi connectivity index (χ3n) is 7.16. The van der Waals surface area contributed by atoms with E-state index in [9.17, 15) is 0 Å². The first-order valence-electron chi connectivity index (χ1n) is 12.4. The van der Waals surface area contributed by atoms with Crippen molar-refractivity contribution in [1.82, 2.24) is 4.90 Å². The fraction of sp³-hybridized carbons (Fsp3) is 0.333. The van der Waals surface area contributed by atoms with Gasteiger partial charge in [0.1, 0.15) is 0 Å². The normalized spacial score (nSPS) is 22.5. The highest BCUT2D eigenvalue weighted by atomic mass is 16.5. The van der Waals surface area contributed by atoms with Gasteiger partial charge >= 0.3 is 11.9 Å². The molecule has 3 saturated heterocycles. The Kier molecular flexibility index (Phi) is 8.52. The molecular weight excluding hydrogens is 454 g/mol. The summed E-state index contributed by atoms with van der Waals surface area (Å²) in [7, 11) is 0. The number of fused-ring (bicyclic) bond motifs is 3. The second-order valence-electron chi connectivity index (χ2n) is 9.54. The number of carboxylic acids is 2. The van der Waals surface area contributed by atoms with Crippen LogP contribution in [0.5, 0.6) is 0 Å². The number of rotatable bonds is 6. The van der Waals surface area contributed by atoms with Crippen molar-refractivity contribution in [3.8, 4) is 0 Å². The molecule has 0 unspecified atom stereocenters. The Morgan fingerprint density at radius 3 is 1.92 bits per heavy atom. The minimum atomic E-state index is -1.82. The van der Waals surface area contributed by atoms with Crippen LogP contribution < -0.4 is 0 Å². The highest BCUT2D eigenvalue weighted by Crippen LogP contribution is 2.43. The summed E-state index contributed by atoms with van der Waals surface area (Å²) in [6, 6.07) is 31.2. The molecule has 0 aliphatic carbocycles. The van der Waals surface area contributed by atoms with E-state index in [1.54, 1.807) is 0 Å². The number of carboxylic acid groups (broad SMARTS) is 2. The van der Waals surface area contributed by atoms with Crippen molar-refractivity contribution < 1.29 is 24.5 Å². The van der Waals surface area contributed by atoms with Crippen LogP contribution in [0, 0.1) is 12.8 Å².